The van der Waals surface area contributed by atoms with E-state index in [2.05, 4.69) is 9.24 Å². The van der Waals surface area contributed by atoms with E-state index in [0.717, 1.165) is 6.61 Å². The van der Waals surface area contributed by atoms with Crippen LogP contribution in [0, 0.1) is 0 Å². The van der Waals surface area contributed by atoms with E-state index < -0.39 is 0 Å². The molecule has 1 nitrogen and oxygen atoms in total. The van der Waals surface area contributed by atoms with E-state index in [1.165, 1.54) is 12.6 Å². The summed E-state index contributed by atoms with van der Waals surface area (Å²) >= 11 is 0. The highest BCUT2D eigenvalue weighted by Gasteiger charge is 2.19. The van der Waals surface area contributed by atoms with Crippen molar-refractivity contribution in [2.75, 3.05) is 12.8 Å². The van der Waals surface area contributed by atoms with E-state index in [9.17, 15) is 0 Å². The Bertz CT molecular complexity index is 42.8. The summed E-state index contributed by atoms with van der Waals surface area (Å²) in [7, 11) is 2.68. The molecule has 0 aromatic heterocycles. The summed E-state index contributed by atoms with van der Waals surface area (Å²) in [6.45, 7) is 1.01. The van der Waals surface area contributed by atoms with Gasteiger partial charge < -0.3 is 4.74 Å². The van der Waals surface area contributed by atoms with Crippen molar-refractivity contribution in [2.24, 2.45) is 0 Å². The first-order valence-corrected chi connectivity index (χ1v) is 3.07. The summed E-state index contributed by atoms with van der Waals surface area (Å²) in [5.74, 6) is 0. The number of hydrogen-bond donors (Lipinski definition) is 0. The van der Waals surface area contributed by atoms with Crippen LogP contribution in [0.5, 0.6) is 0 Å². The lowest BCUT2D eigenvalue weighted by Gasteiger charge is -1.79. The quantitative estimate of drug-likeness (QED) is 0.370. The summed E-state index contributed by atoms with van der Waals surface area (Å²) in [5, 5.41) is 0. The zero-order valence-electron chi connectivity index (χ0n) is 3.68. The molecule has 0 N–H and O–H groups in total. The lowest BCUT2D eigenvalue weighted by molar-refractivity contribution is 0.404. The first kappa shape index (κ1) is 4.55. The maximum Gasteiger partial charge on any atom is 0.0813 e. The molecule has 1 fully saturated rings. The highest BCUT2D eigenvalue weighted by Crippen LogP contribution is 2.13. The standard InChI is InChI=1S/C4H9OP/c6-2-1-4-3-5-4/h4H,1-3,6H2. The van der Waals surface area contributed by atoms with Crippen LogP contribution in [0.1, 0.15) is 6.42 Å². The van der Waals surface area contributed by atoms with Crippen molar-refractivity contribution < 1.29 is 4.74 Å². The molecule has 0 spiro atoms. The molecule has 36 valence electrons. The third-order valence-corrected chi connectivity index (χ3v) is 1.22. The monoisotopic (exact) mass is 104 g/mol. The highest BCUT2D eigenvalue weighted by molar-refractivity contribution is 7.16. The molecule has 0 aliphatic carbocycles. The number of ether oxygens (including phenoxy) is 1. The largest absolute Gasteiger partial charge is 0.373 e. The van der Waals surface area contributed by atoms with E-state index in [1.807, 2.05) is 0 Å². The smallest absolute Gasteiger partial charge is 0.0813 e. The average Bonchev–Trinajstić information content (AvgIpc) is 2.21. The van der Waals surface area contributed by atoms with Crippen LogP contribution in [0.2, 0.25) is 0 Å². The van der Waals surface area contributed by atoms with Gasteiger partial charge in [-0.1, -0.05) is 0 Å². The fraction of sp³-hybridized carbons (Fsp3) is 1.00. The van der Waals surface area contributed by atoms with Crippen LogP contribution in [0.3, 0.4) is 0 Å². The van der Waals surface area contributed by atoms with Crippen LogP contribution in [0.15, 0.2) is 0 Å². The Morgan fingerprint density at radius 2 is 2.50 bits per heavy atom. The molecule has 2 heteroatoms. The first-order chi connectivity index (χ1) is 2.93. The maximum atomic E-state index is 4.94. The Hall–Kier alpha value is 0.390. The van der Waals surface area contributed by atoms with E-state index in [1.54, 1.807) is 0 Å². The number of hydrogen-bond acceptors (Lipinski definition) is 1. The fourth-order valence-corrected chi connectivity index (χ4v) is 0.792. The van der Waals surface area contributed by atoms with Gasteiger partial charge in [0.05, 0.1) is 12.7 Å². The van der Waals surface area contributed by atoms with Crippen LogP contribution in [0.25, 0.3) is 0 Å². The van der Waals surface area contributed by atoms with Crippen molar-refractivity contribution in [1.82, 2.24) is 0 Å². The minimum absolute atomic E-state index is 0.627. The molecule has 0 aromatic carbocycles. The van der Waals surface area contributed by atoms with Crippen molar-refractivity contribution in [3.05, 3.63) is 0 Å². The van der Waals surface area contributed by atoms with Gasteiger partial charge in [0, 0.05) is 0 Å². The van der Waals surface area contributed by atoms with Gasteiger partial charge in [-0.3, -0.25) is 0 Å². The van der Waals surface area contributed by atoms with Crippen LogP contribution in [-0.2, 0) is 4.74 Å². The van der Waals surface area contributed by atoms with Crippen LogP contribution >= 0.6 is 9.24 Å². The molecule has 2 atom stereocenters. The van der Waals surface area contributed by atoms with Gasteiger partial charge in [0.25, 0.3) is 0 Å². The van der Waals surface area contributed by atoms with Crippen molar-refractivity contribution in [3.63, 3.8) is 0 Å². The van der Waals surface area contributed by atoms with Crippen molar-refractivity contribution in [3.8, 4) is 0 Å². The molecular formula is C4H9OP. The lowest BCUT2D eigenvalue weighted by atomic mass is 10.4. The predicted octanol–water partition coefficient (Wildman–Crippen LogP) is 0.650. The topological polar surface area (TPSA) is 12.5 Å². The van der Waals surface area contributed by atoms with Gasteiger partial charge >= 0.3 is 0 Å². The van der Waals surface area contributed by atoms with Gasteiger partial charge in [0.1, 0.15) is 0 Å². The van der Waals surface area contributed by atoms with Crippen LogP contribution in [-0.4, -0.2) is 18.9 Å². The molecule has 0 bridgehead atoms. The Balaban J connectivity index is 1.88. The molecule has 0 saturated carbocycles. The van der Waals surface area contributed by atoms with E-state index in [0.29, 0.717) is 6.10 Å². The Kier molecular flexibility index (Phi) is 1.44. The van der Waals surface area contributed by atoms with Gasteiger partial charge in [-0.2, -0.15) is 0 Å². The summed E-state index contributed by atoms with van der Waals surface area (Å²) < 4.78 is 4.94. The molecule has 1 saturated heterocycles. The van der Waals surface area contributed by atoms with Gasteiger partial charge in [-0.05, 0) is 12.6 Å². The van der Waals surface area contributed by atoms with Gasteiger partial charge in [0.2, 0.25) is 0 Å². The molecule has 1 aliphatic heterocycles. The Labute approximate surface area is 40.3 Å². The van der Waals surface area contributed by atoms with E-state index >= 15 is 0 Å². The molecule has 6 heavy (non-hydrogen) atoms. The van der Waals surface area contributed by atoms with Crippen LogP contribution in [0.4, 0.5) is 0 Å². The van der Waals surface area contributed by atoms with Crippen molar-refractivity contribution in [2.45, 2.75) is 12.5 Å². The molecule has 1 rings (SSSR count). The fourth-order valence-electron chi connectivity index (χ4n) is 0.421. The SMILES string of the molecule is PCCC1CO1. The molecule has 0 amide bonds. The van der Waals surface area contributed by atoms with Crippen molar-refractivity contribution >= 4 is 9.24 Å². The van der Waals surface area contributed by atoms with E-state index in [4.69, 9.17) is 4.74 Å². The summed E-state index contributed by atoms with van der Waals surface area (Å²) in [6.07, 6.45) is 3.04. The Morgan fingerprint density at radius 1 is 1.83 bits per heavy atom. The second kappa shape index (κ2) is 1.90. The summed E-state index contributed by atoms with van der Waals surface area (Å²) in [4.78, 5) is 0. The average molecular weight is 104 g/mol. The second-order valence-corrected chi connectivity index (χ2v) is 2.11. The highest BCUT2D eigenvalue weighted by atomic mass is 31.0. The second-order valence-electron chi connectivity index (χ2n) is 1.53. The summed E-state index contributed by atoms with van der Waals surface area (Å²) in [5.41, 5.74) is 0. The zero-order valence-corrected chi connectivity index (χ0v) is 4.84. The molecule has 0 radical (unpaired) electrons. The van der Waals surface area contributed by atoms with Crippen LogP contribution < -0.4 is 0 Å². The zero-order chi connectivity index (χ0) is 4.41. The molecule has 2 unspecified atom stereocenters. The number of rotatable bonds is 2. The van der Waals surface area contributed by atoms with Gasteiger partial charge in [-0.15, -0.1) is 9.24 Å². The Morgan fingerprint density at radius 3 is 2.67 bits per heavy atom. The molecule has 1 aliphatic rings. The molecular weight excluding hydrogens is 95.0 g/mol. The predicted molar refractivity (Wildman–Crippen MR) is 28.9 cm³/mol. The summed E-state index contributed by atoms with van der Waals surface area (Å²) in [6, 6.07) is 0. The molecule has 0 aromatic rings. The van der Waals surface area contributed by atoms with Gasteiger partial charge in [-0.25, -0.2) is 0 Å². The third kappa shape index (κ3) is 1.24. The lowest BCUT2D eigenvalue weighted by Crippen LogP contribution is -1.82. The van der Waals surface area contributed by atoms with Crippen molar-refractivity contribution in [1.29, 1.82) is 0 Å². The van der Waals surface area contributed by atoms with E-state index in [-0.39, 0.29) is 0 Å². The minimum atomic E-state index is 0.627. The first-order valence-electron chi connectivity index (χ1n) is 2.25. The minimum Gasteiger partial charge on any atom is -0.373 e. The number of epoxide rings is 1. The normalized spacial score (nSPS) is 30.5. The third-order valence-electron chi connectivity index (χ3n) is 0.891. The molecule has 1 heterocycles. The maximum absolute atomic E-state index is 4.94. The van der Waals surface area contributed by atoms with Gasteiger partial charge in [0.15, 0.2) is 0 Å².